The van der Waals surface area contributed by atoms with Crippen molar-refractivity contribution in [3.63, 3.8) is 0 Å². The Bertz CT molecular complexity index is 1070. The third-order valence-corrected chi connectivity index (χ3v) is 4.67. The van der Waals surface area contributed by atoms with E-state index in [1.54, 1.807) is 17.1 Å². The molecule has 1 aromatic carbocycles. The summed E-state index contributed by atoms with van der Waals surface area (Å²) in [4.78, 5) is 26.8. The lowest BCUT2D eigenvalue weighted by atomic mass is 10.2. The number of fused-ring (bicyclic) bond motifs is 3. The van der Waals surface area contributed by atoms with E-state index in [2.05, 4.69) is 15.1 Å². The maximum atomic E-state index is 12.3. The number of nitrogens with zero attached hydrogens (tertiary/aromatic N) is 5. The van der Waals surface area contributed by atoms with Gasteiger partial charge in [0.05, 0.1) is 22.7 Å². The fourth-order valence-corrected chi connectivity index (χ4v) is 3.52. The summed E-state index contributed by atoms with van der Waals surface area (Å²) < 4.78 is 1.77. The second-order valence-electron chi connectivity index (χ2n) is 6.21. The van der Waals surface area contributed by atoms with Crippen LogP contribution in [0.3, 0.4) is 0 Å². The Labute approximate surface area is 143 Å². The van der Waals surface area contributed by atoms with Crippen LogP contribution in [0.1, 0.15) is 24.8 Å². The van der Waals surface area contributed by atoms with Crippen LogP contribution >= 0.6 is 0 Å². The van der Waals surface area contributed by atoms with Crippen molar-refractivity contribution >= 4 is 27.8 Å². The Morgan fingerprint density at radius 3 is 2.92 bits per heavy atom. The van der Waals surface area contributed by atoms with E-state index >= 15 is 0 Å². The number of H-pyrrole nitrogens is 1. The maximum Gasteiger partial charge on any atom is 0.224 e. The van der Waals surface area contributed by atoms with Gasteiger partial charge in [-0.25, -0.2) is 9.67 Å². The van der Waals surface area contributed by atoms with Gasteiger partial charge in [-0.15, -0.1) is 0 Å². The molecule has 25 heavy (non-hydrogen) atoms. The van der Waals surface area contributed by atoms with Gasteiger partial charge in [0, 0.05) is 30.7 Å². The smallest absolute Gasteiger partial charge is 0.224 e. The molecular formula is C18H16N6O. The highest BCUT2D eigenvalue weighted by atomic mass is 16.2. The number of aromatic nitrogens is 5. The summed E-state index contributed by atoms with van der Waals surface area (Å²) in [5, 5.41) is 5.35. The fraction of sp³-hybridized carbons (Fsp3) is 0.222. The highest BCUT2D eigenvalue weighted by Gasteiger charge is 2.32. The molecule has 0 spiro atoms. The van der Waals surface area contributed by atoms with Gasteiger partial charge < -0.3 is 9.88 Å². The van der Waals surface area contributed by atoms with Gasteiger partial charge in [-0.3, -0.25) is 9.78 Å². The molecule has 0 saturated carbocycles. The van der Waals surface area contributed by atoms with Gasteiger partial charge in [0.1, 0.15) is 0 Å². The third-order valence-electron chi connectivity index (χ3n) is 4.67. The van der Waals surface area contributed by atoms with E-state index in [0.717, 1.165) is 28.4 Å². The van der Waals surface area contributed by atoms with Gasteiger partial charge in [0.25, 0.3) is 0 Å². The van der Waals surface area contributed by atoms with Crippen molar-refractivity contribution in [3.05, 3.63) is 54.7 Å². The number of carbonyl (C=O) groups excluding carboxylic acids is 1. The minimum atomic E-state index is -0.365. The van der Waals surface area contributed by atoms with Crippen LogP contribution in [0.4, 0.5) is 0 Å². The average molecular weight is 332 g/mol. The van der Waals surface area contributed by atoms with Gasteiger partial charge in [-0.2, -0.15) is 5.10 Å². The summed E-state index contributed by atoms with van der Waals surface area (Å²) in [6, 6.07) is 9.78. The van der Waals surface area contributed by atoms with Crippen molar-refractivity contribution in [2.24, 2.45) is 0 Å². The van der Waals surface area contributed by atoms with Crippen LogP contribution in [0.25, 0.3) is 21.9 Å². The zero-order valence-electron chi connectivity index (χ0n) is 13.5. The molecule has 0 aliphatic carbocycles. The summed E-state index contributed by atoms with van der Waals surface area (Å²) in [7, 11) is 0. The summed E-state index contributed by atoms with van der Waals surface area (Å²) in [5.41, 5.74) is 2.63. The van der Waals surface area contributed by atoms with Crippen LogP contribution in [-0.2, 0) is 4.79 Å². The molecule has 3 aromatic heterocycles. The Hall–Kier alpha value is -3.22. The van der Waals surface area contributed by atoms with E-state index in [1.807, 2.05) is 41.4 Å². The first-order chi connectivity index (χ1) is 12.3. The monoisotopic (exact) mass is 332 g/mol. The molecule has 1 aliphatic heterocycles. The van der Waals surface area contributed by atoms with E-state index in [0.29, 0.717) is 18.8 Å². The Kier molecular flexibility index (Phi) is 3.06. The normalized spacial score (nSPS) is 16.2. The highest BCUT2D eigenvalue weighted by molar-refractivity contribution is 6.01. The number of benzene rings is 1. The molecule has 124 valence electrons. The van der Waals surface area contributed by atoms with E-state index in [1.165, 1.54) is 0 Å². The highest BCUT2D eigenvalue weighted by Crippen LogP contribution is 2.29. The van der Waals surface area contributed by atoms with Crippen LogP contribution in [0.2, 0.25) is 0 Å². The first-order valence-corrected chi connectivity index (χ1v) is 8.33. The molecule has 4 heterocycles. The third kappa shape index (κ3) is 2.20. The molecule has 1 aliphatic rings. The molecule has 4 aromatic rings. The molecule has 1 atom stereocenters. The van der Waals surface area contributed by atoms with Gasteiger partial charge in [0.15, 0.2) is 12.0 Å². The van der Waals surface area contributed by atoms with Gasteiger partial charge in [-0.1, -0.05) is 18.2 Å². The van der Waals surface area contributed by atoms with Crippen LogP contribution in [0, 0.1) is 0 Å². The minimum absolute atomic E-state index is 0.129. The van der Waals surface area contributed by atoms with E-state index in [4.69, 9.17) is 4.98 Å². The van der Waals surface area contributed by atoms with Crippen molar-refractivity contribution in [3.8, 4) is 0 Å². The van der Waals surface area contributed by atoms with Gasteiger partial charge in [-0.05, 0) is 18.6 Å². The summed E-state index contributed by atoms with van der Waals surface area (Å²) >= 11 is 0. The Morgan fingerprint density at radius 1 is 1.20 bits per heavy atom. The lowest BCUT2D eigenvalue weighted by molar-refractivity contribution is -0.130. The van der Waals surface area contributed by atoms with Gasteiger partial charge in [0.2, 0.25) is 5.91 Å². The summed E-state index contributed by atoms with van der Waals surface area (Å²) in [6.07, 6.45) is 6.44. The molecule has 5 rings (SSSR count). The number of rotatable bonds is 3. The molecule has 1 unspecified atom stereocenters. The largest absolute Gasteiger partial charge is 0.337 e. The van der Waals surface area contributed by atoms with Crippen LogP contribution in [0.5, 0.6) is 0 Å². The SMILES string of the molecule is O=C1CCCN1C(c1nc2c(cnc3ccccc32)[nH]1)n1cccn1. The molecule has 7 nitrogen and oxygen atoms in total. The number of imidazole rings is 1. The zero-order valence-corrected chi connectivity index (χ0v) is 13.5. The summed E-state index contributed by atoms with van der Waals surface area (Å²) in [6.45, 7) is 0.708. The summed E-state index contributed by atoms with van der Waals surface area (Å²) in [5.74, 6) is 0.830. The van der Waals surface area contributed by atoms with Crippen LogP contribution in [-0.4, -0.2) is 42.1 Å². The second-order valence-corrected chi connectivity index (χ2v) is 6.21. The Balaban J connectivity index is 1.71. The average Bonchev–Trinajstić information content (AvgIpc) is 3.37. The predicted octanol–water partition coefficient (Wildman–Crippen LogP) is 2.48. The number of amides is 1. The van der Waals surface area contributed by atoms with Crippen molar-refractivity contribution in [2.75, 3.05) is 6.54 Å². The first-order valence-electron chi connectivity index (χ1n) is 8.33. The number of aromatic amines is 1. The molecule has 0 bridgehead atoms. The molecular weight excluding hydrogens is 316 g/mol. The number of likely N-dealkylation sites (tertiary alicyclic amines) is 1. The topological polar surface area (TPSA) is 79.7 Å². The molecule has 1 saturated heterocycles. The van der Waals surface area contributed by atoms with Gasteiger partial charge >= 0.3 is 0 Å². The van der Waals surface area contributed by atoms with E-state index in [9.17, 15) is 4.79 Å². The van der Waals surface area contributed by atoms with E-state index in [-0.39, 0.29) is 12.1 Å². The van der Waals surface area contributed by atoms with Crippen LogP contribution in [0.15, 0.2) is 48.9 Å². The zero-order chi connectivity index (χ0) is 16.8. The van der Waals surface area contributed by atoms with Crippen molar-refractivity contribution in [2.45, 2.75) is 19.0 Å². The fourth-order valence-electron chi connectivity index (χ4n) is 3.52. The number of nitrogens with one attached hydrogen (secondary N) is 1. The predicted molar refractivity (Wildman–Crippen MR) is 92.7 cm³/mol. The van der Waals surface area contributed by atoms with E-state index < -0.39 is 0 Å². The number of carbonyl (C=O) groups is 1. The molecule has 1 amide bonds. The lowest BCUT2D eigenvalue weighted by Gasteiger charge is -2.26. The quantitative estimate of drug-likeness (QED) is 0.625. The standard InChI is InChI=1S/C18H16N6O/c25-15-7-3-9-23(15)18(24-10-4-8-20-24)17-21-14-11-19-13-6-2-1-5-12(13)16(14)22-17/h1-2,4-6,8,10-11,18H,3,7,9H2,(H,21,22). The van der Waals surface area contributed by atoms with Crippen molar-refractivity contribution in [1.29, 1.82) is 0 Å². The number of hydrogen-bond acceptors (Lipinski definition) is 4. The molecule has 7 heteroatoms. The van der Waals surface area contributed by atoms with Crippen molar-refractivity contribution < 1.29 is 4.79 Å². The second kappa shape index (κ2) is 5.41. The minimum Gasteiger partial charge on any atom is -0.337 e. The number of pyridine rings is 1. The first kappa shape index (κ1) is 14.2. The molecule has 1 fully saturated rings. The van der Waals surface area contributed by atoms with Crippen LogP contribution < -0.4 is 0 Å². The molecule has 0 radical (unpaired) electrons. The van der Waals surface area contributed by atoms with Crippen molar-refractivity contribution in [1.82, 2.24) is 29.6 Å². The molecule has 1 N–H and O–H groups in total. The number of hydrogen-bond donors (Lipinski definition) is 1. The maximum absolute atomic E-state index is 12.3. The lowest BCUT2D eigenvalue weighted by Crippen LogP contribution is -2.35. The number of para-hydroxylation sites is 1. The Morgan fingerprint density at radius 2 is 2.12 bits per heavy atom.